The first kappa shape index (κ1) is 16.0. The van der Waals surface area contributed by atoms with Crippen molar-refractivity contribution in [2.24, 2.45) is 0 Å². The normalized spacial score (nSPS) is 12.4. The lowest BCUT2D eigenvalue weighted by Crippen LogP contribution is -2.51. The van der Waals surface area contributed by atoms with E-state index in [4.69, 9.17) is 27.2 Å². The van der Waals surface area contributed by atoms with Gasteiger partial charge in [-0.3, -0.25) is 0 Å². The minimum Gasteiger partial charge on any atom is -0.354 e. The second-order valence-electron chi connectivity index (χ2n) is 2.66. The lowest BCUT2D eigenvalue weighted by molar-refractivity contribution is -0.271. The maximum absolute atomic E-state index is 5.49. The minimum atomic E-state index is -3.13. The van der Waals surface area contributed by atoms with Gasteiger partial charge in [0.25, 0.3) is 6.48 Å². The summed E-state index contributed by atoms with van der Waals surface area (Å²) in [5.41, 5.74) is 0. The molecule has 0 aliphatic carbocycles. The highest BCUT2D eigenvalue weighted by Gasteiger charge is 2.46. The molecule has 0 radical (unpaired) electrons. The van der Waals surface area contributed by atoms with Crippen molar-refractivity contribution in [2.75, 3.05) is 34.0 Å². The van der Waals surface area contributed by atoms with Gasteiger partial charge in [-0.1, -0.05) is 0 Å². The fraction of sp³-hybridized carbons (Fsp3) is 1.00. The molecule has 0 bridgehead atoms. The Hall–Kier alpha value is -0.0231. The molecule has 98 valence electrons. The zero-order valence-electron chi connectivity index (χ0n) is 10.6. The van der Waals surface area contributed by atoms with Crippen LogP contribution in [-0.4, -0.2) is 49.6 Å². The molecule has 0 spiro atoms. The average Bonchev–Trinajstić information content (AvgIpc) is 2.29. The Morgan fingerprint density at radius 3 is 1.69 bits per heavy atom. The smallest absolute Gasteiger partial charge is 0.354 e. The monoisotopic (exact) mass is 254 g/mol. The first-order valence-electron chi connectivity index (χ1n) is 5.33. The molecule has 0 N–H and O–H groups in total. The molecule has 0 atom stereocenters. The lowest BCUT2D eigenvalue weighted by Gasteiger charge is -2.28. The van der Waals surface area contributed by atoms with Crippen molar-refractivity contribution in [1.29, 1.82) is 0 Å². The van der Waals surface area contributed by atoms with Gasteiger partial charge in [0.1, 0.15) is 0 Å². The first-order chi connectivity index (χ1) is 7.67. The summed E-state index contributed by atoms with van der Waals surface area (Å²) < 4.78 is 31.7. The van der Waals surface area contributed by atoms with Crippen molar-refractivity contribution in [3.05, 3.63) is 0 Å². The maximum Gasteiger partial charge on any atom is 0.682 e. The van der Waals surface area contributed by atoms with Gasteiger partial charge in [0.05, 0.1) is 0 Å². The lowest BCUT2D eigenvalue weighted by atomic mass is 10.8. The van der Waals surface area contributed by atoms with Crippen LogP contribution >= 0.6 is 0 Å². The third kappa shape index (κ3) is 5.35. The largest absolute Gasteiger partial charge is 0.682 e. The molecule has 0 aromatic carbocycles. The Morgan fingerprint density at radius 1 is 0.875 bits per heavy atom. The Morgan fingerprint density at radius 2 is 1.38 bits per heavy atom. The second-order valence-corrected chi connectivity index (χ2v) is 5.00. The quantitative estimate of drug-likeness (QED) is 0.430. The Balaban J connectivity index is 4.41. The number of ether oxygens (including phenoxy) is 2. The molecule has 0 saturated carbocycles. The number of hydrogen-bond acceptors (Lipinski definition) is 6. The van der Waals surface area contributed by atoms with Crippen LogP contribution in [0.15, 0.2) is 0 Å². The predicted molar refractivity (Wildman–Crippen MR) is 59.5 cm³/mol. The molecule has 0 fully saturated rings. The molecule has 0 aromatic heterocycles. The zero-order chi connectivity index (χ0) is 12.4. The van der Waals surface area contributed by atoms with E-state index in [2.05, 4.69) is 0 Å². The fourth-order valence-electron chi connectivity index (χ4n) is 1.01. The molecule has 0 rings (SSSR count). The number of hydrogen-bond donors (Lipinski definition) is 0. The van der Waals surface area contributed by atoms with Gasteiger partial charge < -0.3 is 27.2 Å². The molecule has 0 saturated heterocycles. The predicted octanol–water partition coefficient (Wildman–Crippen LogP) is 1.12. The van der Waals surface area contributed by atoms with Crippen LogP contribution < -0.4 is 0 Å². The van der Waals surface area contributed by atoms with E-state index in [1.807, 2.05) is 20.8 Å². The van der Waals surface area contributed by atoms with E-state index in [0.717, 1.165) is 0 Å². The van der Waals surface area contributed by atoms with Crippen LogP contribution in [0.2, 0.25) is 0 Å². The summed E-state index contributed by atoms with van der Waals surface area (Å²) >= 11 is 0. The molecule has 7 heteroatoms. The summed E-state index contributed by atoms with van der Waals surface area (Å²) in [6.07, 6.45) is 0. The van der Waals surface area contributed by atoms with Crippen LogP contribution in [0.1, 0.15) is 20.8 Å². The van der Waals surface area contributed by atoms with Crippen molar-refractivity contribution in [3.63, 3.8) is 0 Å². The molecular formula is C9H22O6Si. The third-order valence-electron chi connectivity index (χ3n) is 1.67. The molecule has 6 nitrogen and oxygen atoms in total. The maximum atomic E-state index is 5.49. The molecule has 0 amide bonds. The summed E-state index contributed by atoms with van der Waals surface area (Å²) in [5, 5.41) is 0. The highest BCUT2D eigenvalue weighted by Crippen LogP contribution is 2.14. The third-order valence-corrected chi connectivity index (χ3v) is 3.79. The van der Waals surface area contributed by atoms with E-state index >= 15 is 0 Å². The summed E-state index contributed by atoms with van der Waals surface area (Å²) in [5.74, 6) is 0. The molecule has 0 aliphatic rings. The Bertz CT molecular complexity index is 158. The van der Waals surface area contributed by atoms with Gasteiger partial charge in [0.15, 0.2) is 0 Å². The highest BCUT2D eigenvalue weighted by molar-refractivity contribution is 6.53. The summed E-state index contributed by atoms with van der Waals surface area (Å²) in [7, 11) is -0.186. The topological polar surface area (TPSA) is 55.4 Å². The van der Waals surface area contributed by atoms with Crippen molar-refractivity contribution in [2.45, 2.75) is 27.2 Å². The van der Waals surface area contributed by atoms with Crippen molar-refractivity contribution < 1.29 is 27.2 Å². The van der Waals surface area contributed by atoms with Crippen LogP contribution in [0.3, 0.4) is 0 Å². The summed E-state index contributed by atoms with van der Waals surface area (Å²) in [6.45, 7) is 6.06. The van der Waals surface area contributed by atoms with Gasteiger partial charge in [-0.2, -0.15) is 0 Å². The number of rotatable bonds is 10. The molecule has 0 heterocycles. The van der Waals surface area contributed by atoms with Crippen molar-refractivity contribution in [3.8, 4) is 0 Å². The molecule has 0 unspecified atom stereocenters. The van der Waals surface area contributed by atoms with E-state index in [1.54, 1.807) is 0 Å². The SMILES string of the molecule is CCOC(OCC)O[Si](OC)(OC)OCC. The second kappa shape index (κ2) is 9.05. The van der Waals surface area contributed by atoms with Gasteiger partial charge in [0.2, 0.25) is 0 Å². The van der Waals surface area contributed by atoms with Crippen LogP contribution in [0.25, 0.3) is 0 Å². The van der Waals surface area contributed by atoms with Gasteiger partial charge in [0, 0.05) is 34.0 Å². The van der Waals surface area contributed by atoms with Crippen LogP contribution in [0.5, 0.6) is 0 Å². The molecule has 16 heavy (non-hydrogen) atoms. The Labute approximate surface area is 98.2 Å². The van der Waals surface area contributed by atoms with E-state index in [-0.39, 0.29) is 0 Å². The van der Waals surface area contributed by atoms with Crippen molar-refractivity contribution >= 4 is 9.05 Å². The highest BCUT2D eigenvalue weighted by atomic mass is 28.4. The summed E-state index contributed by atoms with van der Waals surface area (Å²) in [4.78, 5) is 0. The fourth-order valence-corrected chi connectivity index (χ4v) is 2.40. The standard InChI is InChI=1S/C9H22O6Si/c1-6-12-9(13-7-2)15-16(10-4,11-5)14-8-3/h9H,6-8H2,1-5H3. The molecule has 0 aromatic rings. The van der Waals surface area contributed by atoms with Crippen LogP contribution in [0.4, 0.5) is 0 Å². The van der Waals surface area contributed by atoms with Gasteiger partial charge in [-0.05, 0) is 20.8 Å². The van der Waals surface area contributed by atoms with Gasteiger partial charge in [-0.15, -0.1) is 0 Å². The zero-order valence-corrected chi connectivity index (χ0v) is 11.6. The molecular weight excluding hydrogens is 232 g/mol. The van der Waals surface area contributed by atoms with Crippen molar-refractivity contribution in [1.82, 2.24) is 0 Å². The van der Waals surface area contributed by atoms with E-state index < -0.39 is 15.5 Å². The van der Waals surface area contributed by atoms with Gasteiger partial charge >= 0.3 is 9.05 Å². The average molecular weight is 254 g/mol. The van der Waals surface area contributed by atoms with Crippen LogP contribution in [-0.2, 0) is 27.2 Å². The first-order valence-corrected chi connectivity index (χ1v) is 6.96. The molecule has 0 aliphatic heterocycles. The van der Waals surface area contributed by atoms with E-state index in [1.165, 1.54) is 14.2 Å². The van der Waals surface area contributed by atoms with E-state index in [9.17, 15) is 0 Å². The Kier molecular flexibility index (Phi) is 9.04. The van der Waals surface area contributed by atoms with Crippen LogP contribution in [0, 0.1) is 0 Å². The van der Waals surface area contributed by atoms with Gasteiger partial charge in [-0.25, -0.2) is 0 Å². The van der Waals surface area contributed by atoms with E-state index in [0.29, 0.717) is 19.8 Å². The minimum absolute atomic E-state index is 0.429. The summed E-state index contributed by atoms with van der Waals surface area (Å²) in [6, 6.07) is 0.